The highest BCUT2D eigenvalue weighted by molar-refractivity contribution is 9.10. The Morgan fingerprint density at radius 2 is 1.44 bits per heavy atom. The fourth-order valence-corrected chi connectivity index (χ4v) is 3.34. The van der Waals surface area contributed by atoms with Crippen molar-refractivity contribution in [2.45, 2.75) is 12.2 Å². The zero-order valence-electron chi connectivity index (χ0n) is 13.4. The van der Waals surface area contributed by atoms with Crippen molar-refractivity contribution < 1.29 is 9.53 Å². The molecule has 0 unspecified atom stereocenters. The molecule has 0 bridgehead atoms. The second kappa shape index (κ2) is 6.82. The molecule has 0 spiro atoms. The molecular weight excluding hydrogens is 378 g/mol. The number of halogens is 1. The molecular formula is C21H16BrNO2. The predicted octanol–water partition coefficient (Wildman–Crippen LogP) is 5.25. The number of carbonyl (C=O) groups is 1. The van der Waals surface area contributed by atoms with Gasteiger partial charge in [-0.3, -0.25) is 9.69 Å². The third kappa shape index (κ3) is 3.36. The summed E-state index contributed by atoms with van der Waals surface area (Å²) < 4.78 is 6.71. The quantitative estimate of drug-likeness (QED) is 0.566. The first-order valence-electron chi connectivity index (χ1n) is 8.09. The summed E-state index contributed by atoms with van der Waals surface area (Å²) in [6.45, 7) is 0. The number of ether oxygens (including phenoxy) is 1. The topological polar surface area (TPSA) is 32.8 Å². The number of anilines is 2. The predicted molar refractivity (Wildman–Crippen MR) is 102 cm³/mol. The number of carbonyl (C=O) groups excluding carboxylic acids is 1. The summed E-state index contributed by atoms with van der Waals surface area (Å²) in [5.41, 5.74) is 2.68. The van der Waals surface area contributed by atoms with Crippen LogP contribution < -0.4 is 4.90 Å². The molecule has 124 valence electrons. The average Bonchev–Trinajstić information content (AvgIpc) is 3.45. The van der Waals surface area contributed by atoms with Gasteiger partial charge in [0.05, 0.1) is 0 Å². The highest BCUT2D eigenvalue weighted by Gasteiger charge is 2.48. The Bertz CT molecular complexity index is 843. The Morgan fingerprint density at radius 1 is 0.840 bits per heavy atom. The maximum absolute atomic E-state index is 13.2. The van der Waals surface area contributed by atoms with E-state index in [4.69, 9.17) is 4.74 Å². The molecule has 1 saturated heterocycles. The first-order chi connectivity index (χ1) is 12.2. The van der Waals surface area contributed by atoms with Crippen LogP contribution in [0.25, 0.3) is 0 Å². The van der Waals surface area contributed by atoms with Crippen LogP contribution >= 0.6 is 15.9 Å². The smallest absolute Gasteiger partial charge is 0.263 e. The SMILES string of the molecule is O=C([C@@H]1O[C@@H]1c1cccc(Br)c1)N(c1ccccc1)c1ccccc1. The minimum atomic E-state index is -0.463. The number of para-hydroxylation sites is 2. The summed E-state index contributed by atoms with van der Waals surface area (Å²) in [5, 5.41) is 0. The van der Waals surface area contributed by atoms with Crippen LogP contribution in [0, 0.1) is 0 Å². The minimum Gasteiger partial charge on any atom is -0.354 e. The molecule has 1 aliphatic heterocycles. The Balaban J connectivity index is 1.64. The van der Waals surface area contributed by atoms with Gasteiger partial charge in [-0.15, -0.1) is 0 Å². The van der Waals surface area contributed by atoms with Crippen molar-refractivity contribution in [3.8, 4) is 0 Å². The number of rotatable bonds is 4. The van der Waals surface area contributed by atoms with E-state index in [1.807, 2.05) is 84.9 Å². The number of hydrogen-bond acceptors (Lipinski definition) is 2. The fraction of sp³-hybridized carbons (Fsp3) is 0.0952. The minimum absolute atomic E-state index is 0.0534. The van der Waals surface area contributed by atoms with Gasteiger partial charge in [0, 0.05) is 15.8 Å². The molecule has 1 aliphatic rings. The molecule has 0 aromatic heterocycles. The maximum atomic E-state index is 13.2. The van der Waals surface area contributed by atoms with E-state index in [1.165, 1.54) is 0 Å². The molecule has 1 fully saturated rings. The van der Waals surface area contributed by atoms with E-state index in [-0.39, 0.29) is 12.0 Å². The molecule has 0 saturated carbocycles. The molecule has 3 nitrogen and oxygen atoms in total. The Morgan fingerprint density at radius 3 is 2.00 bits per heavy atom. The van der Waals surface area contributed by atoms with Gasteiger partial charge in [0.2, 0.25) is 0 Å². The number of amides is 1. The summed E-state index contributed by atoms with van der Waals surface area (Å²) >= 11 is 3.47. The van der Waals surface area contributed by atoms with Crippen molar-refractivity contribution in [2.75, 3.05) is 4.90 Å². The summed E-state index contributed by atoms with van der Waals surface area (Å²) in [4.78, 5) is 14.9. The van der Waals surface area contributed by atoms with Crippen molar-refractivity contribution in [3.05, 3.63) is 95.0 Å². The maximum Gasteiger partial charge on any atom is 0.263 e. The van der Waals surface area contributed by atoms with Crippen LogP contribution in [0.2, 0.25) is 0 Å². The average molecular weight is 394 g/mol. The van der Waals surface area contributed by atoms with Crippen LogP contribution in [0.4, 0.5) is 11.4 Å². The summed E-state index contributed by atoms with van der Waals surface area (Å²) in [5.74, 6) is -0.0534. The molecule has 4 heteroatoms. The van der Waals surface area contributed by atoms with Crippen molar-refractivity contribution >= 4 is 33.2 Å². The Hall–Kier alpha value is -2.43. The number of hydrogen-bond donors (Lipinski definition) is 0. The first kappa shape index (κ1) is 16.1. The molecule has 1 amide bonds. The van der Waals surface area contributed by atoms with Gasteiger partial charge in [0.25, 0.3) is 5.91 Å². The van der Waals surface area contributed by atoms with Gasteiger partial charge in [-0.25, -0.2) is 0 Å². The van der Waals surface area contributed by atoms with Gasteiger partial charge in [-0.1, -0.05) is 64.5 Å². The molecule has 0 radical (unpaired) electrons. The van der Waals surface area contributed by atoms with Gasteiger partial charge in [-0.05, 0) is 42.0 Å². The van der Waals surface area contributed by atoms with Crippen LogP contribution in [-0.2, 0) is 9.53 Å². The lowest BCUT2D eigenvalue weighted by atomic mass is 10.1. The zero-order chi connectivity index (χ0) is 17.2. The standard InChI is InChI=1S/C21H16BrNO2/c22-16-9-7-8-15(14-16)19-20(25-19)21(24)23(17-10-3-1-4-11-17)18-12-5-2-6-13-18/h1-14,19-20H/t19-,20-/m1/s1. The molecule has 0 N–H and O–H groups in total. The lowest BCUT2D eigenvalue weighted by molar-refractivity contribution is -0.119. The number of nitrogens with zero attached hydrogens (tertiary/aromatic N) is 1. The van der Waals surface area contributed by atoms with Crippen LogP contribution in [-0.4, -0.2) is 12.0 Å². The number of benzene rings is 3. The summed E-state index contributed by atoms with van der Waals surface area (Å²) in [7, 11) is 0. The van der Waals surface area contributed by atoms with Crippen molar-refractivity contribution in [2.24, 2.45) is 0 Å². The van der Waals surface area contributed by atoms with Gasteiger partial charge in [0.15, 0.2) is 6.10 Å². The zero-order valence-corrected chi connectivity index (χ0v) is 15.0. The lowest BCUT2D eigenvalue weighted by Crippen LogP contribution is -2.30. The van der Waals surface area contributed by atoms with Crippen LogP contribution in [0.1, 0.15) is 11.7 Å². The fourth-order valence-electron chi connectivity index (χ4n) is 2.92. The van der Waals surface area contributed by atoms with Crippen LogP contribution in [0.15, 0.2) is 89.4 Å². The second-order valence-corrected chi connectivity index (χ2v) is 6.79. The highest BCUT2D eigenvalue weighted by Crippen LogP contribution is 2.42. The van der Waals surface area contributed by atoms with E-state index in [0.29, 0.717) is 0 Å². The molecule has 2 atom stereocenters. The van der Waals surface area contributed by atoms with E-state index in [1.54, 1.807) is 4.90 Å². The van der Waals surface area contributed by atoms with Gasteiger partial charge < -0.3 is 4.74 Å². The van der Waals surface area contributed by atoms with Gasteiger partial charge in [-0.2, -0.15) is 0 Å². The van der Waals surface area contributed by atoms with Gasteiger partial charge >= 0.3 is 0 Å². The summed E-state index contributed by atoms with van der Waals surface area (Å²) in [6.07, 6.45) is -0.658. The Kier molecular flexibility index (Phi) is 4.38. The first-order valence-corrected chi connectivity index (χ1v) is 8.88. The Labute approximate surface area is 155 Å². The normalized spacial score (nSPS) is 18.6. The van der Waals surface area contributed by atoms with Crippen molar-refractivity contribution in [3.63, 3.8) is 0 Å². The third-order valence-electron chi connectivity index (χ3n) is 4.16. The van der Waals surface area contributed by atoms with Gasteiger partial charge in [0.1, 0.15) is 6.10 Å². The molecule has 25 heavy (non-hydrogen) atoms. The second-order valence-electron chi connectivity index (χ2n) is 5.88. The van der Waals surface area contributed by atoms with E-state index in [2.05, 4.69) is 15.9 Å². The van der Waals surface area contributed by atoms with E-state index < -0.39 is 6.10 Å². The molecule has 4 rings (SSSR count). The van der Waals surface area contributed by atoms with E-state index in [9.17, 15) is 4.79 Å². The highest BCUT2D eigenvalue weighted by atomic mass is 79.9. The molecule has 3 aromatic rings. The van der Waals surface area contributed by atoms with Crippen LogP contribution in [0.5, 0.6) is 0 Å². The molecule has 0 aliphatic carbocycles. The molecule has 1 heterocycles. The van der Waals surface area contributed by atoms with E-state index in [0.717, 1.165) is 21.4 Å². The van der Waals surface area contributed by atoms with Crippen molar-refractivity contribution in [1.82, 2.24) is 0 Å². The monoisotopic (exact) mass is 393 g/mol. The molecule has 3 aromatic carbocycles. The largest absolute Gasteiger partial charge is 0.354 e. The van der Waals surface area contributed by atoms with E-state index >= 15 is 0 Å². The lowest BCUT2D eigenvalue weighted by Gasteiger charge is -2.22. The summed E-state index contributed by atoms with van der Waals surface area (Å²) in [6, 6.07) is 27.2. The van der Waals surface area contributed by atoms with Crippen molar-refractivity contribution in [1.29, 1.82) is 0 Å². The van der Waals surface area contributed by atoms with Crippen LogP contribution in [0.3, 0.4) is 0 Å². The number of epoxide rings is 1. The third-order valence-corrected chi connectivity index (χ3v) is 4.65.